The fraction of sp³-hybridized carbons (Fsp3) is 0.125. The highest BCUT2D eigenvalue weighted by Crippen LogP contribution is 2.20. The number of nitrogens with one attached hydrogen (secondary N) is 2. The molecule has 0 aliphatic carbocycles. The van der Waals surface area contributed by atoms with Crippen molar-refractivity contribution in [2.45, 2.75) is 5.75 Å². The molecule has 3 rings (SSSR count). The van der Waals surface area contributed by atoms with E-state index in [2.05, 4.69) is 21.8 Å². The van der Waals surface area contributed by atoms with Crippen LogP contribution in [0.1, 0.15) is 15.9 Å². The molecule has 0 atom stereocenters. The zero-order valence-electron chi connectivity index (χ0n) is 11.6. The van der Waals surface area contributed by atoms with Crippen molar-refractivity contribution in [1.82, 2.24) is 10.2 Å². The van der Waals surface area contributed by atoms with Crippen molar-refractivity contribution in [1.29, 1.82) is 0 Å². The van der Waals surface area contributed by atoms with Crippen LogP contribution >= 0.6 is 11.8 Å². The van der Waals surface area contributed by atoms with E-state index < -0.39 is 0 Å². The van der Waals surface area contributed by atoms with Crippen LogP contribution in [0.5, 0.6) is 0 Å². The van der Waals surface area contributed by atoms with Gasteiger partial charge in [-0.1, -0.05) is 24.3 Å². The first-order chi connectivity index (χ1) is 10.3. The molecule has 2 aromatic carbocycles. The lowest BCUT2D eigenvalue weighted by atomic mass is 10.1. The number of nitrogens with zero attached hydrogens (tertiary/aromatic N) is 1. The number of aromatic nitrogens is 2. The Kier molecular flexibility index (Phi) is 3.92. The van der Waals surface area contributed by atoms with Crippen LogP contribution in [0.3, 0.4) is 0 Å². The Morgan fingerprint density at radius 2 is 1.95 bits per heavy atom. The first-order valence-corrected chi connectivity index (χ1v) is 7.99. The fourth-order valence-electron chi connectivity index (χ4n) is 2.16. The second-order valence-electron chi connectivity index (χ2n) is 4.70. The van der Waals surface area contributed by atoms with Gasteiger partial charge in [-0.2, -0.15) is 16.9 Å². The van der Waals surface area contributed by atoms with Gasteiger partial charge in [0.1, 0.15) is 0 Å². The predicted octanol–water partition coefficient (Wildman–Crippen LogP) is 3.68. The summed E-state index contributed by atoms with van der Waals surface area (Å²) in [5.74, 6) is 1.36. The lowest BCUT2D eigenvalue weighted by molar-refractivity contribution is 0.102. The molecule has 0 spiro atoms. The van der Waals surface area contributed by atoms with Gasteiger partial charge < -0.3 is 5.32 Å². The second-order valence-corrected chi connectivity index (χ2v) is 5.57. The van der Waals surface area contributed by atoms with Gasteiger partial charge in [-0.25, -0.2) is 0 Å². The van der Waals surface area contributed by atoms with Crippen molar-refractivity contribution in [2.75, 3.05) is 11.6 Å². The maximum absolute atomic E-state index is 12.3. The van der Waals surface area contributed by atoms with Crippen LogP contribution in [0.2, 0.25) is 0 Å². The minimum absolute atomic E-state index is 0.150. The van der Waals surface area contributed by atoms with Gasteiger partial charge in [0.05, 0.1) is 5.52 Å². The van der Waals surface area contributed by atoms with Crippen molar-refractivity contribution in [3.63, 3.8) is 0 Å². The zero-order chi connectivity index (χ0) is 14.7. The number of fused-ring (bicyclic) bond motifs is 1. The summed E-state index contributed by atoms with van der Waals surface area (Å²) >= 11 is 1.76. The summed E-state index contributed by atoms with van der Waals surface area (Å²) in [4.78, 5) is 12.3. The van der Waals surface area contributed by atoms with Crippen LogP contribution < -0.4 is 5.32 Å². The number of benzene rings is 2. The molecule has 5 heteroatoms. The summed E-state index contributed by atoms with van der Waals surface area (Å²) in [5.41, 5.74) is 2.75. The van der Waals surface area contributed by atoms with Gasteiger partial charge in [0.25, 0.3) is 5.91 Å². The Morgan fingerprint density at radius 1 is 1.19 bits per heavy atom. The number of thioether (sulfide) groups is 1. The fourth-order valence-corrected chi connectivity index (χ4v) is 2.68. The maximum atomic E-state index is 12.3. The topological polar surface area (TPSA) is 57.8 Å². The van der Waals surface area contributed by atoms with Gasteiger partial charge in [-0.3, -0.25) is 9.89 Å². The second kappa shape index (κ2) is 6.01. The molecule has 0 aliphatic rings. The van der Waals surface area contributed by atoms with Gasteiger partial charge >= 0.3 is 0 Å². The third kappa shape index (κ3) is 2.92. The van der Waals surface area contributed by atoms with E-state index in [1.165, 1.54) is 5.56 Å². The Bertz CT molecular complexity index is 765. The van der Waals surface area contributed by atoms with Crippen molar-refractivity contribution in [2.24, 2.45) is 0 Å². The molecular weight excluding hydrogens is 282 g/mol. The summed E-state index contributed by atoms with van der Waals surface area (Å²) in [7, 11) is 0. The number of carbonyl (C=O) groups excluding carboxylic acids is 1. The SMILES string of the molecule is CSCc1ccc(C(=O)Nc2n[nH]c3ccccc23)cc1. The largest absolute Gasteiger partial charge is 0.305 e. The van der Waals surface area contributed by atoms with E-state index in [4.69, 9.17) is 0 Å². The molecule has 1 aromatic heterocycles. The van der Waals surface area contributed by atoms with E-state index in [9.17, 15) is 4.79 Å². The number of rotatable bonds is 4. The van der Waals surface area contributed by atoms with Gasteiger partial charge in [-0.15, -0.1) is 0 Å². The Hall–Kier alpha value is -2.27. The monoisotopic (exact) mass is 297 g/mol. The highest BCUT2D eigenvalue weighted by atomic mass is 32.2. The molecule has 4 nitrogen and oxygen atoms in total. The summed E-state index contributed by atoms with van der Waals surface area (Å²) in [6.45, 7) is 0. The van der Waals surface area contributed by atoms with Crippen molar-refractivity contribution < 1.29 is 4.79 Å². The molecule has 0 radical (unpaired) electrons. The number of hydrogen-bond acceptors (Lipinski definition) is 3. The van der Waals surface area contributed by atoms with E-state index in [1.807, 2.05) is 48.5 Å². The molecule has 0 saturated heterocycles. The third-order valence-corrected chi connectivity index (χ3v) is 3.85. The van der Waals surface area contributed by atoms with Crippen LogP contribution in [-0.2, 0) is 5.75 Å². The molecule has 2 N–H and O–H groups in total. The Labute approximate surface area is 126 Å². The third-order valence-electron chi connectivity index (χ3n) is 3.23. The number of aromatic amines is 1. The van der Waals surface area contributed by atoms with Crippen LogP contribution in [0.4, 0.5) is 5.82 Å². The van der Waals surface area contributed by atoms with Crippen molar-refractivity contribution in [3.05, 3.63) is 59.7 Å². The molecule has 0 unspecified atom stereocenters. The maximum Gasteiger partial charge on any atom is 0.256 e. The van der Waals surface area contributed by atoms with Gasteiger partial charge in [0.2, 0.25) is 0 Å². The van der Waals surface area contributed by atoms with Crippen LogP contribution in [0.15, 0.2) is 48.5 Å². The number of H-pyrrole nitrogens is 1. The average Bonchev–Trinajstić information content (AvgIpc) is 2.92. The summed E-state index contributed by atoms with van der Waals surface area (Å²) in [6, 6.07) is 15.3. The smallest absolute Gasteiger partial charge is 0.256 e. The first kappa shape index (κ1) is 13.7. The van der Waals surface area contributed by atoms with Gasteiger partial charge in [0, 0.05) is 16.7 Å². The molecule has 1 heterocycles. The number of para-hydroxylation sites is 1. The van der Waals surface area contributed by atoms with Crippen LogP contribution in [-0.4, -0.2) is 22.4 Å². The molecule has 0 aliphatic heterocycles. The molecular formula is C16H15N3OS. The van der Waals surface area contributed by atoms with Gasteiger partial charge in [-0.05, 0) is 36.1 Å². The summed E-state index contributed by atoms with van der Waals surface area (Å²) in [5, 5.41) is 10.8. The van der Waals surface area contributed by atoms with Crippen molar-refractivity contribution in [3.8, 4) is 0 Å². The highest BCUT2D eigenvalue weighted by Gasteiger charge is 2.10. The lowest BCUT2D eigenvalue weighted by Gasteiger charge is -2.04. The first-order valence-electron chi connectivity index (χ1n) is 6.60. The van der Waals surface area contributed by atoms with Crippen molar-refractivity contribution >= 4 is 34.4 Å². The number of amides is 1. The number of carbonyl (C=O) groups is 1. The highest BCUT2D eigenvalue weighted by molar-refractivity contribution is 7.97. The summed E-state index contributed by atoms with van der Waals surface area (Å²) in [6.07, 6.45) is 2.06. The number of hydrogen-bond donors (Lipinski definition) is 2. The minimum atomic E-state index is -0.150. The molecule has 21 heavy (non-hydrogen) atoms. The zero-order valence-corrected chi connectivity index (χ0v) is 12.4. The molecule has 0 fully saturated rings. The normalized spacial score (nSPS) is 10.7. The minimum Gasteiger partial charge on any atom is -0.305 e. The molecule has 0 bridgehead atoms. The molecule has 1 amide bonds. The predicted molar refractivity (Wildman–Crippen MR) is 87.7 cm³/mol. The average molecular weight is 297 g/mol. The van der Waals surface area contributed by atoms with E-state index in [0.29, 0.717) is 11.4 Å². The summed E-state index contributed by atoms with van der Waals surface area (Å²) < 4.78 is 0. The quantitative estimate of drug-likeness (QED) is 0.772. The Balaban J connectivity index is 1.79. The lowest BCUT2D eigenvalue weighted by Crippen LogP contribution is -2.12. The van der Waals surface area contributed by atoms with E-state index in [-0.39, 0.29) is 5.91 Å². The van der Waals surface area contributed by atoms with Gasteiger partial charge in [0.15, 0.2) is 5.82 Å². The van der Waals surface area contributed by atoms with E-state index in [1.54, 1.807) is 11.8 Å². The molecule has 0 saturated carbocycles. The van der Waals surface area contributed by atoms with Crippen LogP contribution in [0, 0.1) is 0 Å². The Morgan fingerprint density at radius 3 is 2.71 bits per heavy atom. The molecule has 106 valence electrons. The van der Waals surface area contributed by atoms with Crippen LogP contribution in [0.25, 0.3) is 10.9 Å². The van der Waals surface area contributed by atoms with E-state index >= 15 is 0 Å². The molecule has 3 aromatic rings. The number of anilines is 1. The van der Waals surface area contributed by atoms with E-state index in [0.717, 1.165) is 16.7 Å². The standard InChI is InChI=1S/C16H15N3OS/c1-21-10-11-6-8-12(9-7-11)16(20)17-15-13-4-2-3-5-14(13)18-19-15/h2-9H,10H2,1H3,(H2,17,18,19,20).